The van der Waals surface area contributed by atoms with Crippen LogP contribution < -0.4 is 18.9 Å². The number of hydrogen-bond acceptors (Lipinski definition) is 9. The third-order valence-corrected chi connectivity index (χ3v) is 10.1. The molecular weight excluding hydrogens is 763 g/mol. The number of rotatable bonds is 27. The molecular formula is C52H61N3O6. The number of unbranched alkanes of at least 4 members (excludes halogenated alkanes) is 13. The van der Waals surface area contributed by atoms with Crippen molar-refractivity contribution in [2.45, 2.75) is 110 Å². The topological polar surface area (TPSA) is 108 Å². The van der Waals surface area contributed by atoms with Crippen LogP contribution >= 0.6 is 0 Å². The first kappa shape index (κ1) is 46.0. The van der Waals surface area contributed by atoms with Gasteiger partial charge in [0.05, 0.1) is 41.4 Å². The second kappa shape index (κ2) is 26.9. The fourth-order valence-corrected chi connectivity index (χ4v) is 6.49. The molecule has 0 spiro atoms. The normalized spacial score (nSPS) is 11.2. The summed E-state index contributed by atoms with van der Waals surface area (Å²) < 4.78 is 23.0. The lowest BCUT2D eigenvalue weighted by atomic mass is 10.1. The van der Waals surface area contributed by atoms with E-state index in [4.69, 9.17) is 18.9 Å². The number of carbonyl (C=O) groups excluding carboxylic acids is 2. The van der Waals surface area contributed by atoms with Gasteiger partial charge in [-0.3, -0.25) is 4.99 Å². The Bertz CT molecular complexity index is 2080. The van der Waals surface area contributed by atoms with E-state index >= 15 is 0 Å². The number of azo groups is 1. The molecule has 0 amide bonds. The second-order valence-corrected chi connectivity index (χ2v) is 15.2. The van der Waals surface area contributed by atoms with E-state index in [2.05, 4.69) is 29.1 Å². The first-order valence-electron chi connectivity index (χ1n) is 22.1. The van der Waals surface area contributed by atoms with E-state index < -0.39 is 11.9 Å². The van der Waals surface area contributed by atoms with Crippen LogP contribution in [-0.2, 0) is 0 Å². The highest BCUT2D eigenvalue weighted by Crippen LogP contribution is 2.25. The molecule has 0 bridgehead atoms. The summed E-state index contributed by atoms with van der Waals surface area (Å²) in [6, 6.07) is 35.4. The molecule has 0 aliphatic rings. The van der Waals surface area contributed by atoms with Gasteiger partial charge in [0.2, 0.25) is 0 Å². The summed E-state index contributed by atoms with van der Waals surface area (Å²) in [5.41, 5.74) is 3.56. The van der Waals surface area contributed by atoms with Crippen LogP contribution in [0.4, 0.5) is 17.1 Å². The smallest absolute Gasteiger partial charge is 0.343 e. The fraction of sp³-hybridized carbons (Fsp3) is 0.365. The van der Waals surface area contributed by atoms with Crippen molar-refractivity contribution in [2.75, 3.05) is 13.2 Å². The molecule has 0 atom stereocenters. The van der Waals surface area contributed by atoms with Gasteiger partial charge in [0.25, 0.3) is 0 Å². The minimum Gasteiger partial charge on any atom is -0.494 e. The van der Waals surface area contributed by atoms with Crippen LogP contribution in [0.15, 0.2) is 137 Å². The predicted octanol–water partition coefficient (Wildman–Crippen LogP) is 14.9. The summed E-state index contributed by atoms with van der Waals surface area (Å²) in [4.78, 5) is 30.2. The molecule has 0 aromatic heterocycles. The second-order valence-electron chi connectivity index (χ2n) is 15.2. The fourth-order valence-electron chi connectivity index (χ4n) is 6.49. The van der Waals surface area contributed by atoms with E-state index in [1.165, 1.54) is 83.5 Å². The van der Waals surface area contributed by atoms with Gasteiger partial charge in [-0.25, -0.2) is 9.59 Å². The lowest BCUT2D eigenvalue weighted by Crippen LogP contribution is -2.08. The van der Waals surface area contributed by atoms with Crippen LogP contribution in [0.5, 0.6) is 23.0 Å². The minimum absolute atomic E-state index is 0.384. The van der Waals surface area contributed by atoms with Crippen molar-refractivity contribution < 1.29 is 28.5 Å². The van der Waals surface area contributed by atoms with Crippen LogP contribution in [0.3, 0.4) is 0 Å². The van der Waals surface area contributed by atoms with Crippen molar-refractivity contribution >= 4 is 35.2 Å². The van der Waals surface area contributed by atoms with Crippen molar-refractivity contribution in [3.8, 4) is 23.0 Å². The van der Waals surface area contributed by atoms with Crippen LogP contribution in [-0.4, -0.2) is 31.4 Å². The molecule has 0 heterocycles. The maximum absolute atomic E-state index is 12.9. The molecule has 9 heteroatoms. The van der Waals surface area contributed by atoms with E-state index in [1.807, 2.05) is 30.3 Å². The molecule has 320 valence electrons. The van der Waals surface area contributed by atoms with E-state index in [9.17, 15) is 9.59 Å². The van der Waals surface area contributed by atoms with Gasteiger partial charge in [0.1, 0.15) is 23.0 Å². The molecule has 5 aromatic carbocycles. The van der Waals surface area contributed by atoms with Crippen LogP contribution in [0.2, 0.25) is 0 Å². The molecule has 0 aliphatic heterocycles. The third-order valence-electron chi connectivity index (χ3n) is 10.1. The molecule has 0 saturated carbocycles. The standard InChI is InChI=1S/C52H61N3O6/c1-3-5-7-9-11-13-15-17-37-58-47-31-23-43(24-32-47)52(57)61-50-20-18-19-41(39-50)40-53-44-25-21-42(22-26-44)51(56)60-49-35-29-46(30-36-49)55-54-45-27-33-48(34-28-45)59-38-16-14-12-10-8-6-4-2/h18-36,39-40H,3-17,37-38H2,1-2H3. The molecule has 5 rings (SSSR count). The number of hydrogen-bond donors (Lipinski definition) is 0. The summed E-state index contributed by atoms with van der Waals surface area (Å²) in [5.74, 6) is 1.42. The van der Waals surface area contributed by atoms with Crippen LogP contribution in [0.1, 0.15) is 136 Å². The highest BCUT2D eigenvalue weighted by Gasteiger charge is 2.11. The van der Waals surface area contributed by atoms with Crippen molar-refractivity contribution in [3.05, 3.63) is 138 Å². The largest absolute Gasteiger partial charge is 0.494 e. The number of carbonyl (C=O) groups is 2. The van der Waals surface area contributed by atoms with Gasteiger partial charge in [-0.1, -0.05) is 109 Å². The molecule has 0 unspecified atom stereocenters. The van der Waals surface area contributed by atoms with E-state index in [0.29, 0.717) is 46.3 Å². The lowest BCUT2D eigenvalue weighted by molar-refractivity contribution is 0.0725. The zero-order valence-corrected chi connectivity index (χ0v) is 35.9. The quantitative estimate of drug-likeness (QED) is 0.0172. The molecule has 0 N–H and O–H groups in total. The molecule has 5 aromatic rings. The first-order chi connectivity index (χ1) is 30.0. The Hall–Kier alpha value is -6.09. The van der Waals surface area contributed by atoms with Gasteiger partial charge < -0.3 is 18.9 Å². The van der Waals surface area contributed by atoms with Gasteiger partial charge >= 0.3 is 11.9 Å². The summed E-state index contributed by atoms with van der Waals surface area (Å²) in [5, 5.41) is 8.63. The van der Waals surface area contributed by atoms with Crippen molar-refractivity contribution in [2.24, 2.45) is 15.2 Å². The van der Waals surface area contributed by atoms with Crippen LogP contribution in [0, 0.1) is 0 Å². The first-order valence-corrected chi connectivity index (χ1v) is 22.1. The average Bonchev–Trinajstić information content (AvgIpc) is 3.29. The van der Waals surface area contributed by atoms with E-state index in [-0.39, 0.29) is 0 Å². The lowest BCUT2D eigenvalue weighted by Gasteiger charge is -2.08. The number of nitrogens with zero attached hydrogens (tertiary/aromatic N) is 3. The Morgan fingerprint density at radius 1 is 0.443 bits per heavy atom. The van der Waals surface area contributed by atoms with Crippen LogP contribution in [0.25, 0.3) is 0 Å². The maximum atomic E-state index is 12.9. The third kappa shape index (κ3) is 17.6. The Morgan fingerprint density at radius 2 is 0.852 bits per heavy atom. The Kier molecular flexibility index (Phi) is 20.3. The number of benzene rings is 5. The van der Waals surface area contributed by atoms with Gasteiger partial charge in [0, 0.05) is 6.21 Å². The predicted molar refractivity (Wildman–Crippen MR) is 245 cm³/mol. The molecule has 0 radical (unpaired) electrons. The Labute approximate surface area is 362 Å². The molecule has 9 nitrogen and oxygen atoms in total. The summed E-state index contributed by atoms with van der Waals surface area (Å²) in [6.07, 6.45) is 20.4. The minimum atomic E-state index is -0.491. The van der Waals surface area contributed by atoms with Gasteiger partial charge in [-0.05, 0) is 128 Å². The Balaban J connectivity index is 1.01. The van der Waals surface area contributed by atoms with Gasteiger partial charge in [-0.15, -0.1) is 0 Å². The van der Waals surface area contributed by atoms with Crippen molar-refractivity contribution in [3.63, 3.8) is 0 Å². The molecule has 0 saturated heterocycles. The number of ether oxygens (including phenoxy) is 4. The van der Waals surface area contributed by atoms with Crippen molar-refractivity contribution in [1.82, 2.24) is 0 Å². The maximum Gasteiger partial charge on any atom is 0.343 e. The highest BCUT2D eigenvalue weighted by atomic mass is 16.5. The molecule has 61 heavy (non-hydrogen) atoms. The summed E-state index contributed by atoms with van der Waals surface area (Å²) >= 11 is 0. The molecule has 0 aliphatic carbocycles. The summed E-state index contributed by atoms with van der Waals surface area (Å²) in [6.45, 7) is 5.86. The Morgan fingerprint density at radius 3 is 1.36 bits per heavy atom. The van der Waals surface area contributed by atoms with Gasteiger partial charge in [-0.2, -0.15) is 10.2 Å². The zero-order valence-electron chi connectivity index (χ0n) is 35.9. The van der Waals surface area contributed by atoms with Gasteiger partial charge in [0.15, 0.2) is 0 Å². The SMILES string of the molecule is CCCCCCCCCCOc1ccc(C(=O)Oc2cccc(C=Nc3ccc(C(=O)Oc4ccc(N=Nc5ccc(OCCCCCCCCC)cc5)cc4)cc3)c2)cc1. The van der Waals surface area contributed by atoms with E-state index in [0.717, 1.165) is 36.5 Å². The summed E-state index contributed by atoms with van der Waals surface area (Å²) in [7, 11) is 0. The highest BCUT2D eigenvalue weighted by molar-refractivity contribution is 5.92. The number of aliphatic imine (C=N–C) groups is 1. The van der Waals surface area contributed by atoms with Crippen molar-refractivity contribution in [1.29, 1.82) is 0 Å². The molecule has 0 fully saturated rings. The monoisotopic (exact) mass is 823 g/mol. The van der Waals surface area contributed by atoms with E-state index in [1.54, 1.807) is 97.2 Å². The zero-order chi connectivity index (χ0) is 42.7. The average molecular weight is 824 g/mol. The number of esters is 2.